The number of aromatic nitrogens is 1. The van der Waals surface area contributed by atoms with Crippen LogP contribution >= 0.6 is 11.6 Å². The van der Waals surface area contributed by atoms with Crippen LogP contribution in [0.4, 0.5) is 14.6 Å². The van der Waals surface area contributed by atoms with Gasteiger partial charge in [-0.2, -0.15) is 0 Å². The van der Waals surface area contributed by atoms with Crippen LogP contribution in [0.25, 0.3) is 0 Å². The zero-order valence-corrected chi connectivity index (χ0v) is 9.09. The summed E-state index contributed by atoms with van der Waals surface area (Å²) < 4.78 is 29.4. The number of esters is 1. The Hall–Kier alpha value is -1.43. The molecule has 0 fully saturated rings. The van der Waals surface area contributed by atoms with Gasteiger partial charge in [-0.05, 0) is 13.0 Å². The predicted molar refractivity (Wildman–Crippen MR) is 54.6 cm³/mol. The molecule has 7 heteroatoms. The molecule has 0 atom stereocenters. The number of nitrogen functional groups attached to an aromatic ring is 1. The number of nitrogens with two attached hydrogens (primary N) is 1. The molecule has 4 nitrogen and oxygen atoms in total. The molecule has 0 bridgehead atoms. The summed E-state index contributed by atoms with van der Waals surface area (Å²) in [7, 11) is 0. The summed E-state index contributed by atoms with van der Waals surface area (Å²) >= 11 is 5.53. The van der Waals surface area contributed by atoms with Crippen molar-refractivity contribution < 1.29 is 18.3 Å². The molecule has 0 unspecified atom stereocenters. The first kappa shape index (κ1) is 12.6. The Morgan fingerprint density at radius 2 is 2.31 bits per heavy atom. The van der Waals surface area contributed by atoms with Crippen molar-refractivity contribution in [3.8, 4) is 0 Å². The standard InChI is InChI=1S/C9H9ClF2N2O2/c1-2-16-9(15)4-3-5(10)6(7(11)12)14-8(4)13/h3,7H,2H2,1H3,(H2,13,14). The van der Waals surface area contributed by atoms with Gasteiger partial charge in [-0.1, -0.05) is 11.6 Å². The largest absolute Gasteiger partial charge is 0.462 e. The molecule has 0 aliphatic carbocycles. The van der Waals surface area contributed by atoms with Gasteiger partial charge < -0.3 is 10.5 Å². The molecule has 0 radical (unpaired) electrons. The van der Waals surface area contributed by atoms with Gasteiger partial charge >= 0.3 is 5.97 Å². The summed E-state index contributed by atoms with van der Waals surface area (Å²) in [4.78, 5) is 14.7. The van der Waals surface area contributed by atoms with Crippen LogP contribution in [-0.4, -0.2) is 17.6 Å². The molecule has 0 aliphatic heterocycles. The van der Waals surface area contributed by atoms with Gasteiger partial charge in [-0.25, -0.2) is 18.6 Å². The SMILES string of the molecule is CCOC(=O)c1cc(Cl)c(C(F)F)nc1N. The van der Waals surface area contributed by atoms with Gasteiger partial charge in [0.15, 0.2) is 0 Å². The van der Waals surface area contributed by atoms with E-state index in [0.717, 1.165) is 6.07 Å². The van der Waals surface area contributed by atoms with Crippen LogP contribution in [0.5, 0.6) is 0 Å². The monoisotopic (exact) mass is 250 g/mol. The molecule has 0 aliphatic rings. The minimum Gasteiger partial charge on any atom is -0.462 e. The fourth-order valence-corrected chi connectivity index (χ4v) is 1.28. The average Bonchev–Trinajstić information content (AvgIpc) is 2.20. The zero-order valence-electron chi connectivity index (χ0n) is 8.34. The molecule has 0 amide bonds. The van der Waals surface area contributed by atoms with E-state index < -0.39 is 18.1 Å². The van der Waals surface area contributed by atoms with Crippen molar-refractivity contribution in [2.75, 3.05) is 12.3 Å². The highest BCUT2D eigenvalue weighted by atomic mass is 35.5. The lowest BCUT2D eigenvalue weighted by molar-refractivity contribution is 0.0526. The maximum atomic E-state index is 12.4. The normalized spacial score (nSPS) is 10.6. The maximum Gasteiger partial charge on any atom is 0.341 e. The van der Waals surface area contributed by atoms with Crippen molar-refractivity contribution in [3.05, 3.63) is 22.3 Å². The molecule has 0 spiro atoms. The number of alkyl halides is 2. The number of pyridine rings is 1. The number of nitrogens with zero attached hydrogens (tertiary/aromatic N) is 1. The summed E-state index contributed by atoms with van der Waals surface area (Å²) in [5.74, 6) is -1.06. The second kappa shape index (κ2) is 5.07. The van der Waals surface area contributed by atoms with E-state index in [1.54, 1.807) is 6.92 Å². The maximum absolute atomic E-state index is 12.4. The van der Waals surface area contributed by atoms with Crippen LogP contribution in [0.2, 0.25) is 5.02 Å². The van der Waals surface area contributed by atoms with Crippen LogP contribution in [0.3, 0.4) is 0 Å². The molecule has 1 aromatic rings. The highest BCUT2D eigenvalue weighted by molar-refractivity contribution is 6.31. The first-order chi connectivity index (χ1) is 7.47. The number of hydrogen-bond acceptors (Lipinski definition) is 4. The second-order valence-corrected chi connectivity index (χ2v) is 3.22. The second-order valence-electron chi connectivity index (χ2n) is 2.81. The highest BCUT2D eigenvalue weighted by Crippen LogP contribution is 2.28. The van der Waals surface area contributed by atoms with Crippen molar-refractivity contribution in [2.24, 2.45) is 0 Å². The first-order valence-electron chi connectivity index (χ1n) is 4.38. The molecule has 0 saturated carbocycles. The van der Waals surface area contributed by atoms with Crippen molar-refractivity contribution in [1.29, 1.82) is 0 Å². The lowest BCUT2D eigenvalue weighted by atomic mass is 10.2. The Morgan fingerprint density at radius 3 is 2.81 bits per heavy atom. The van der Waals surface area contributed by atoms with Gasteiger partial charge in [-0.3, -0.25) is 0 Å². The molecule has 0 saturated heterocycles. The number of rotatable bonds is 3. The summed E-state index contributed by atoms with van der Waals surface area (Å²) in [6, 6.07) is 1.03. The highest BCUT2D eigenvalue weighted by Gasteiger charge is 2.20. The van der Waals surface area contributed by atoms with Crippen LogP contribution < -0.4 is 5.73 Å². The molecule has 1 heterocycles. The van der Waals surface area contributed by atoms with Crippen molar-refractivity contribution in [1.82, 2.24) is 4.98 Å². The van der Waals surface area contributed by atoms with E-state index in [2.05, 4.69) is 9.72 Å². The van der Waals surface area contributed by atoms with E-state index >= 15 is 0 Å². The Bertz CT molecular complexity index is 413. The van der Waals surface area contributed by atoms with E-state index in [-0.39, 0.29) is 23.0 Å². The van der Waals surface area contributed by atoms with Crippen molar-refractivity contribution >= 4 is 23.4 Å². The molecular formula is C9H9ClF2N2O2. The number of carbonyl (C=O) groups is 1. The third kappa shape index (κ3) is 2.57. The minimum atomic E-state index is -2.84. The van der Waals surface area contributed by atoms with Crippen LogP contribution in [0.15, 0.2) is 6.07 Å². The lowest BCUT2D eigenvalue weighted by Gasteiger charge is -2.08. The van der Waals surface area contributed by atoms with E-state index in [4.69, 9.17) is 17.3 Å². The summed E-state index contributed by atoms with van der Waals surface area (Å²) in [5, 5.41) is -0.313. The summed E-state index contributed by atoms with van der Waals surface area (Å²) in [6.07, 6.45) is -2.84. The minimum absolute atomic E-state index is 0.115. The third-order valence-electron chi connectivity index (χ3n) is 1.73. The van der Waals surface area contributed by atoms with E-state index in [0.29, 0.717) is 0 Å². The first-order valence-corrected chi connectivity index (χ1v) is 4.76. The molecule has 1 rings (SSSR count). The molecule has 16 heavy (non-hydrogen) atoms. The van der Waals surface area contributed by atoms with E-state index in [1.807, 2.05) is 0 Å². The lowest BCUT2D eigenvalue weighted by Crippen LogP contribution is -2.11. The fourth-order valence-electron chi connectivity index (χ4n) is 1.04. The van der Waals surface area contributed by atoms with Crippen LogP contribution in [-0.2, 0) is 4.74 Å². The van der Waals surface area contributed by atoms with Crippen molar-refractivity contribution in [3.63, 3.8) is 0 Å². The predicted octanol–water partition coefficient (Wildman–Crippen LogP) is 2.43. The van der Waals surface area contributed by atoms with Gasteiger partial charge in [0, 0.05) is 0 Å². The van der Waals surface area contributed by atoms with Crippen LogP contribution in [0, 0.1) is 0 Å². The van der Waals surface area contributed by atoms with Crippen LogP contribution in [0.1, 0.15) is 29.4 Å². The Labute approximate surface area is 95.4 Å². The van der Waals surface area contributed by atoms with Gasteiger partial charge in [0.25, 0.3) is 6.43 Å². The van der Waals surface area contributed by atoms with Crippen molar-refractivity contribution in [2.45, 2.75) is 13.3 Å². The van der Waals surface area contributed by atoms with Gasteiger partial charge in [0.1, 0.15) is 17.1 Å². The van der Waals surface area contributed by atoms with Gasteiger partial charge in [0.05, 0.1) is 11.6 Å². The molecule has 0 aromatic carbocycles. The van der Waals surface area contributed by atoms with E-state index in [1.165, 1.54) is 0 Å². The average molecular weight is 251 g/mol. The number of halogens is 3. The Kier molecular flexibility index (Phi) is 4.00. The summed E-state index contributed by atoms with van der Waals surface area (Å²) in [6.45, 7) is 1.75. The fraction of sp³-hybridized carbons (Fsp3) is 0.333. The Morgan fingerprint density at radius 1 is 1.69 bits per heavy atom. The van der Waals surface area contributed by atoms with Gasteiger partial charge in [-0.15, -0.1) is 0 Å². The van der Waals surface area contributed by atoms with Gasteiger partial charge in [0.2, 0.25) is 0 Å². The number of carbonyl (C=O) groups excluding carboxylic acids is 1. The summed E-state index contributed by atoms with van der Waals surface area (Å²) in [5.41, 5.74) is 4.59. The zero-order chi connectivity index (χ0) is 12.3. The molecule has 88 valence electrons. The number of ether oxygens (including phenoxy) is 1. The molecule has 1 aromatic heterocycles. The molecular weight excluding hydrogens is 242 g/mol. The third-order valence-corrected chi connectivity index (χ3v) is 2.04. The quantitative estimate of drug-likeness (QED) is 0.837. The topological polar surface area (TPSA) is 65.2 Å². The van der Waals surface area contributed by atoms with E-state index in [9.17, 15) is 13.6 Å². The number of hydrogen-bond donors (Lipinski definition) is 1. The molecule has 2 N–H and O–H groups in total. The smallest absolute Gasteiger partial charge is 0.341 e. The number of anilines is 1. The Balaban J connectivity index is 3.15.